The molecule has 1 aliphatic heterocycles. The molecule has 0 saturated carbocycles. The van der Waals surface area contributed by atoms with Gasteiger partial charge in [-0.2, -0.15) is 0 Å². The summed E-state index contributed by atoms with van der Waals surface area (Å²) in [7, 11) is 1.59. The molecule has 1 atom stereocenters. The molecule has 0 fully saturated rings. The topological polar surface area (TPSA) is 55.8 Å². The number of benzene rings is 2. The van der Waals surface area contributed by atoms with Gasteiger partial charge in [-0.1, -0.05) is 36.4 Å². The van der Waals surface area contributed by atoms with E-state index in [9.17, 15) is 9.59 Å². The van der Waals surface area contributed by atoms with Gasteiger partial charge in [-0.15, -0.1) is 0 Å². The van der Waals surface area contributed by atoms with Gasteiger partial charge in [-0.25, -0.2) is 0 Å². The molecule has 0 aliphatic carbocycles. The predicted octanol–water partition coefficient (Wildman–Crippen LogP) is 2.75. The van der Waals surface area contributed by atoms with E-state index >= 15 is 0 Å². The van der Waals surface area contributed by atoms with Crippen molar-refractivity contribution in [3.8, 4) is 5.75 Å². The van der Waals surface area contributed by atoms with E-state index in [1.165, 1.54) is 5.56 Å². The molecular formula is C21H23NO4. The summed E-state index contributed by atoms with van der Waals surface area (Å²) in [5.74, 6) is 0.173. The van der Waals surface area contributed by atoms with Gasteiger partial charge in [0.1, 0.15) is 5.75 Å². The maximum Gasteiger partial charge on any atom is 0.311 e. The monoisotopic (exact) mass is 353 g/mol. The Bertz CT molecular complexity index is 785. The smallest absolute Gasteiger partial charge is 0.311 e. The lowest BCUT2D eigenvalue weighted by atomic mass is 9.99. The first-order chi connectivity index (χ1) is 12.6. The SMILES string of the molecule is COc1ccc(CC(=O)O[C@@H](C)C(=O)N2CCc3ccccc3C2)cc1. The summed E-state index contributed by atoms with van der Waals surface area (Å²) < 4.78 is 10.4. The maximum absolute atomic E-state index is 12.6. The van der Waals surface area contributed by atoms with E-state index in [0.29, 0.717) is 13.1 Å². The molecule has 2 aromatic rings. The maximum atomic E-state index is 12.6. The standard InChI is InChI=1S/C21H23NO4/c1-15(26-20(23)13-16-7-9-19(25-2)10-8-16)21(24)22-12-11-17-5-3-4-6-18(17)14-22/h3-10,15H,11-14H2,1-2H3/t15-/m0/s1. The van der Waals surface area contributed by atoms with Crippen LogP contribution < -0.4 is 4.74 Å². The van der Waals surface area contributed by atoms with Crippen LogP contribution in [-0.2, 0) is 33.7 Å². The third-order valence-electron chi connectivity index (χ3n) is 4.61. The number of carbonyl (C=O) groups excluding carboxylic acids is 2. The highest BCUT2D eigenvalue weighted by molar-refractivity contribution is 5.84. The van der Waals surface area contributed by atoms with Crippen molar-refractivity contribution in [3.05, 3.63) is 65.2 Å². The Hall–Kier alpha value is -2.82. The zero-order valence-corrected chi connectivity index (χ0v) is 15.1. The Balaban J connectivity index is 1.54. The van der Waals surface area contributed by atoms with Crippen molar-refractivity contribution in [2.45, 2.75) is 32.4 Å². The van der Waals surface area contributed by atoms with Crippen LogP contribution in [0.4, 0.5) is 0 Å². The van der Waals surface area contributed by atoms with Crippen LogP contribution in [0, 0.1) is 0 Å². The van der Waals surface area contributed by atoms with E-state index in [2.05, 4.69) is 6.07 Å². The fourth-order valence-corrected chi connectivity index (χ4v) is 3.14. The van der Waals surface area contributed by atoms with Crippen LogP contribution in [0.25, 0.3) is 0 Å². The molecule has 1 aliphatic rings. The Labute approximate surface area is 153 Å². The molecule has 0 N–H and O–H groups in total. The highest BCUT2D eigenvalue weighted by atomic mass is 16.5. The average Bonchev–Trinajstić information content (AvgIpc) is 2.67. The number of nitrogens with zero attached hydrogens (tertiary/aromatic N) is 1. The summed E-state index contributed by atoms with van der Waals surface area (Å²) in [4.78, 5) is 26.5. The number of ether oxygens (including phenoxy) is 2. The zero-order chi connectivity index (χ0) is 18.5. The van der Waals surface area contributed by atoms with Crippen LogP contribution >= 0.6 is 0 Å². The first kappa shape index (κ1) is 18.0. The van der Waals surface area contributed by atoms with E-state index in [4.69, 9.17) is 9.47 Å². The third kappa shape index (κ3) is 4.23. The minimum atomic E-state index is -0.786. The summed E-state index contributed by atoms with van der Waals surface area (Å²) in [6.45, 7) is 2.85. The average molecular weight is 353 g/mol. The number of hydrogen-bond acceptors (Lipinski definition) is 4. The summed E-state index contributed by atoms with van der Waals surface area (Å²) in [6, 6.07) is 15.3. The van der Waals surface area contributed by atoms with E-state index < -0.39 is 12.1 Å². The second kappa shape index (κ2) is 8.04. The molecule has 3 rings (SSSR count). The quantitative estimate of drug-likeness (QED) is 0.776. The fraction of sp³-hybridized carbons (Fsp3) is 0.333. The molecule has 2 aromatic carbocycles. The van der Waals surface area contributed by atoms with E-state index in [1.807, 2.05) is 30.3 Å². The molecule has 136 valence electrons. The second-order valence-corrected chi connectivity index (χ2v) is 6.44. The summed E-state index contributed by atoms with van der Waals surface area (Å²) in [5.41, 5.74) is 3.26. The molecule has 1 amide bonds. The van der Waals surface area contributed by atoms with Crippen molar-refractivity contribution in [2.75, 3.05) is 13.7 Å². The van der Waals surface area contributed by atoms with Crippen molar-refractivity contribution in [1.82, 2.24) is 4.90 Å². The number of fused-ring (bicyclic) bond motifs is 1. The molecular weight excluding hydrogens is 330 g/mol. The van der Waals surface area contributed by atoms with Gasteiger partial charge in [0.2, 0.25) is 0 Å². The highest BCUT2D eigenvalue weighted by Gasteiger charge is 2.26. The summed E-state index contributed by atoms with van der Waals surface area (Å²) in [5, 5.41) is 0. The van der Waals surface area contributed by atoms with Gasteiger partial charge < -0.3 is 14.4 Å². The molecule has 0 bridgehead atoms. The number of methoxy groups -OCH3 is 1. The number of esters is 1. The minimum absolute atomic E-state index is 0.129. The Morgan fingerprint density at radius 3 is 2.46 bits per heavy atom. The first-order valence-electron chi connectivity index (χ1n) is 8.75. The molecule has 26 heavy (non-hydrogen) atoms. The highest BCUT2D eigenvalue weighted by Crippen LogP contribution is 2.19. The predicted molar refractivity (Wildman–Crippen MR) is 97.8 cm³/mol. The van der Waals surface area contributed by atoms with Crippen LogP contribution in [0.1, 0.15) is 23.6 Å². The zero-order valence-electron chi connectivity index (χ0n) is 15.1. The Kier molecular flexibility index (Phi) is 5.56. The molecule has 1 heterocycles. The number of rotatable bonds is 5. The first-order valence-corrected chi connectivity index (χ1v) is 8.75. The number of carbonyl (C=O) groups is 2. The van der Waals surface area contributed by atoms with Crippen LogP contribution in [0.15, 0.2) is 48.5 Å². The lowest BCUT2D eigenvalue weighted by Gasteiger charge is -2.30. The van der Waals surface area contributed by atoms with E-state index in [-0.39, 0.29) is 12.3 Å². The fourth-order valence-electron chi connectivity index (χ4n) is 3.14. The van der Waals surface area contributed by atoms with Crippen molar-refractivity contribution in [2.24, 2.45) is 0 Å². The minimum Gasteiger partial charge on any atom is -0.497 e. The number of hydrogen-bond donors (Lipinski definition) is 0. The molecule has 5 nitrogen and oxygen atoms in total. The summed E-state index contributed by atoms with van der Waals surface area (Å²) in [6.07, 6.45) is 0.171. The van der Waals surface area contributed by atoms with Gasteiger partial charge in [-0.05, 0) is 42.2 Å². The Morgan fingerprint density at radius 2 is 1.77 bits per heavy atom. The van der Waals surface area contributed by atoms with Gasteiger partial charge in [0.15, 0.2) is 6.10 Å². The van der Waals surface area contributed by atoms with Crippen LogP contribution in [0.3, 0.4) is 0 Å². The Morgan fingerprint density at radius 1 is 1.08 bits per heavy atom. The van der Waals surface area contributed by atoms with Crippen molar-refractivity contribution in [1.29, 1.82) is 0 Å². The normalized spacial score (nSPS) is 14.3. The summed E-state index contributed by atoms with van der Waals surface area (Å²) >= 11 is 0. The van der Waals surface area contributed by atoms with E-state index in [0.717, 1.165) is 23.3 Å². The lowest BCUT2D eigenvalue weighted by Crippen LogP contribution is -2.42. The lowest BCUT2D eigenvalue weighted by molar-refractivity contribution is -0.159. The molecule has 0 spiro atoms. The van der Waals surface area contributed by atoms with Gasteiger partial charge in [-0.3, -0.25) is 9.59 Å². The molecule has 0 aromatic heterocycles. The van der Waals surface area contributed by atoms with Crippen molar-refractivity contribution in [3.63, 3.8) is 0 Å². The molecule has 0 radical (unpaired) electrons. The second-order valence-electron chi connectivity index (χ2n) is 6.44. The largest absolute Gasteiger partial charge is 0.497 e. The van der Waals surface area contributed by atoms with Gasteiger partial charge >= 0.3 is 5.97 Å². The van der Waals surface area contributed by atoms with Gasteiger partial charge in [0, 0.05) is 13.1 Å². The molecule has 5 heteroatoms. The van der Waals surface area contributed by atoms with Crippen molar-refractivity contribution < 1.29 is 19.1 Å². The number of amides is 1. The van der Waals surface area contributed by atoms with Crippen LogP contribution in [-0.4, -0.2) is 36.5 Å². The van der Waals surface area contributed by atoms with E-state index in [1.54, 1.807) is 31.1 Å². The van der Waals surface area contributed by atoms with Gasteiger partial charge in [0.05, 0.1) is 13.5 Å². The third-order valence-corrected chi connectivity index (χ3v) is 4.61. The molecule has 0 unspecified atom stereocenters. The molecule has 0 saturated heterocycles. The van der Waals surface area contributed by atoms with Crippen molar-refractivity contribution >= 4 is 11.9 Å². The van der Waals surface area contributed by atoms with Crippen LogP contribution in [0.5, 0.6) is 5.75 Å². The van der Waals surface area contributed by atoms with Gasteiger partial charge in [0.25, 0.3) is 5.91 Å². The van der Waals surface area contributed by atoms with Crippen LogP contribution in [0.2, 0.25) is 0 Å².